The third-order valence-electron chi connectivity index (χ3n) is 1.80. The van der Waals surface area contributed by atoms with Crippen LogP contribution in [0.25, 0.3) is 0 Å². The Balaban J connectivity index is 2.46. The molecule has 3 N–H and O–H groups in total. The molecule has 0 aromatic carbocycles. The van der Waals surface area contributed by atoms with Crippen molar-refractivity contribution in [2.45, 2.75) is 18.7 Å². The summed E-state index contributed by atoms with van der Waals surface area (Å²) in [5.41, 5.74) is 0.847. The van der Waals surface area contributed by atoms with E-state index in [1.54, 1.807) is 24.5 Å². The van der Waals surface area contributed by atoms with Crippen molar-refractivity contribution >= 4 is 7.60 Å². The molecule has 0 amide bonds. The van der Waals surface area contributed by atoms with Gasteiger partial charge in [0.15, 0.2) is 5.85 Å². The molecule has 1 heterocycles. The first-order valence-corrected chi connectivity index (χ1v) is 5.80. The minimum atomic E-state index is -4.36. The summed E-state index contributed by atoms with van der Waals surface area (Å²) in [7, 11) is -4.36. The van der Waals surface area contributed by atoms with Gasteiger partial charge in [-0.15, -0.1) is 0 Å². The van der Waals surface area contributed by atoms with Crippen molar-refractivity contribution in [1.29, 1.82) is 0 Å². The summed E-state index contributed by atoms with van der Waals surface area (Å²) in [6.45, 7) is 0. The van der Waals surface area contributed by atoms with E-state index >= 15 is 0 Å². The molecule has 1 rings (SSSR count). The van der Waals surface area contributed by atoms with E-state index in [2.05, 4.69) is 4.98 Å². The van der Waals surface area contributed by atoms with Crippen molar-refractivity contribution in [3.63, 3.8) is 0 Å². The second-order valence-corrected chi connectivity index (χ2v) is 4.74. The van der Waals surface area contributed by atoms with E-state index in [1.807, 2.05) is 0 Å². The minimum absolute atomic E-state index is 0.0377. The summed E-state index contributed by atoms with van der Waals surface area (Å²) in [5, 5.41) is 9.06. The number of aliphatic hydroxyl groups excluding tert-OH is 1. The van der Waals surface area contributed by atoms with Crippen LogP contribution in [0.4, 0.5) is 0 Å². The van der Waals surface area contributed by atoms with E-state index in [9.17, 15) is 4.57 Å². The minimum Gasteiger partial charge on any atom is -0.380 e. The Labute approximate surface area is 81.6 Å². The maximum absolute atomic E-state index is 10.6. The molecule has 0 saturated carbocycles. The summed E-state index contributed by atoms with van der Waals surface area (Å²) in [5.74, 6) is -1.58. The average Bonchev–Trinajstić information content (AvgIpc) is 2.14. The van der Waals surface area contributed by atoms with Crippen LogP contribution in [0, 0.1) is 0 Å². The highest BCUT2D eigenvalue weighted by Gasteiger charge is 2.25. The Kier molecular flexibility index (Phi) is 3.77. The molecule has 0 bridgehead atoms. The first-order valence-electron chi connectivity index (χ1n) is 4.12. The van der Waals surface area contributed by atoms with Crippen LogP contribution in [0.2, 0.25) is 0 Å². The van der Waals surface area contributed by atoms with Gasteiger partial charge >= 0.3 is 7.60 Å². The summed E-state index contributed by atoms with van der Waals surface area (Å²) in [6, 6.07) is 3.53. The van der Waals surface area contributed by atoms with Crippen molar-refractivity contribution in [2.24, 2.45) is 0 Å². The molecule has 0 aliphatic rings. The van der Waals surface area contributed by atoms with Gasteiger partial charge < -0.3 is 14.9 Å². The highest BCUT2D eigenvalue weighted by atomic mass is 31.2. The summed E-state index contributed by atoms with van der Waals surface area (Å²) in [4.78, 5) is 21.1. The highest BCUT2D eigenvalue weighted by Crippen LogP contribution is 2.41. The smallest absolute Gasteiger partial charge is 0.353 e. The van der Waals surface area contributed by atoms with Crippen LogP contribution in [0.3, 0.4) is 0 Å². The monoisotopic (exact) mass is 217 g/mol. The largest absolute Gasteiger partial charge is 0.380 e. The van der Waals surface area contributed by atoms with E-state index in [-0.39, 0.29) is 6.42 Å². The van der Waals surface area contributed by atoms with Gasteiger partial charge in [0.1, 0.15) is 0 Å². The van der Waals surface area contributed by atoms with Gasteiger partial charge in [0, 0.05) is 12.4 Å². The Morgan fingerprint density at radius 1 is 1.50 bits per heavy atom. The normalized spacial score (nSPS) is 13.9. The fraction of sp³-hybridized carbons (Fsp3) is 0.375. The number of aliphatic hydroxyl groups is 1. The Morgan fingerprint density at radius 2 is 2.21 bits per heavy atom. The number of aromatic nitrogens is 1. The maximum atomic E-state index is 10.6. The topological polar surface area (TPSA) is 90.7 Å². The first-order chi connectivity index (χ1) is 6.50. The SMILES string of the molecule is O=P(O)(O)C(O)CCc1cccnc1. The average molecular weight is 217 g/mol. The second kappa shape index (κ2) is 4.66. The number of hydrogen-bond donors (Lipinski definition) is 3. The van der Waals surface area contributed by atoms with Gasteiger partial charge in [-0.1, -0.05) is 6.07 Å². The fourth-order valence-electron chi connectivity index (χ4n) is 1.01. The predicted molar refractivity (Wildman–Crippen MR) is 50.6 cm³/mol. The zero-order chi connectivity index (χ0) is 10.6. The Hall–Kier alpha value is -0.740. The fourth-order valence-corrected chi connectivity index (χ4v) is 1.48. The van der Waals surface area contributed by atoms with Gasteiger partial charge in [-0.05, 0) is 24.5 Å². The van der Waals surface area contributed by atoms with Crippen LogP contribution in [0.15, 0.2) is 24.5 Å². The zero-order valence-electron chi connectivity index (χ0n) is 7.45. The van der Waals surface area contributed by atoms with E-state index in [4.69, 9.17) is 14.9 Å². The molecule has 6 heteroatoms. The van der Waals surface area contributed by atoms with Crippen LogP contribution in [0.1, 0.15) is 12.0 Å². The highest BCUT2D eigenvalue weighted by molar-refractivity contribution is 7.52. The van der Waals surface area contributed by atoms with Crippen LogP contribution >= 0.6 is 7.60 Å². The van der Waals surface area contributed by atoms with E-state index in [0.717, 1.165) is 5.56 Å². The van der Waals surface area contributed by atoms with Crippen LogP contribution in [0.5, 0.6) is 0 Å². The Bertz CT molecular complexity index is 323. The predicted octanol–water partition coefficient (Wildman–Crippen LogP) is 0.510. The number of pyridine rings is 1. The van der Waals surface area contributed by atoms with E-state index < -0.39 is 13.4 Å². The van der Waals surface area contributed by atoms with Gasteiger partial charge in [0.05, 0.1) is 0 Å². The molecule has 0 fully saturated rings. The summed E-state index contributed by atoms with van der Waals surface area (Å²) >= 11 is 0. The molecule has 0 aliphatic carbocycles. The van der Waals surface area contributed by atoms with Crippen LogP contribution in [-0.2, 0) is 11.0 Å². The molecule has 14 heavy (non-hydrogen) atoms. The second-order valence-electron chi connectivity index (χ2n) is 2.97. The summed E-state index contributed by atoms with van der Waals surface area (Å²) < 4.78 is 10.6. The van der Waals surface area contributed by atoms with Gasteiger partial charge in [0.25, 0.3) is 0 Å². The molecule has 1 aromatic heterocycles. The number of nitrogens with zero attached hydrogens (tertiary/aromatic N) is 1. The number of aryl methyl sites for hydroxylation is 1. The molecular formula is C8H12NO4P. The van der Waals surface area contributed by atoms with Crippen molar-refractivity contribution in [2.75, 3.05) is 0 Å². The lowest BCUT2D eigenvalue weighted by Gasteiger charge is -2.11. The third-order valence-corrected chi connectivity index (χ3v) is 2.84. The van der Waals surface area contributed by atoms with E-state index in [1.165, 1.54) is 0 Å². The molecule has 5 nitrogen and oxygen atoms in total. The molecule has 1 atom stereocenters. The van der Waals surface area contributed by atoms with E-state index in [0.29, 0.717) is 6.42 Å². The van der Waals surface area contributed by atoms with Crippen molar-refractivity contribution in [3.05, 3.63) is 30.1 Å². The van der Waals surface area contributed by atoms with Crippen LogP contribution < -0.4 is 0 Å². The van der Waals surface area contributed by atoms with Crippen molar-refractivity contribution in [1.82, 2.24) is 4.98 Å². The standard InChI is InChI=1S/C8H12NO4P/c10-8(14(11,12)13)4-3-7-2-1-5-9-6-7/h1-2,5-6,8,10H,3-4H2,(H2,11,12,13). The van der Waals surface area contributed by atoms with Gasteiger partial charge in [-0.2, -0.15) is 0 Å². The molecule has 1 aromatic rings. The lowest BCUT2D eigenvalue weighted by molar-refractivity contribution is 0.194. The molecule has 0 spiro atoms. The quantitative estimate of drug-likeness (QED) is 0.639. The van der Waals surface area contributed by atoms with Crippen LogP contribution in [-0.4, -0.2) is 25.7 Å². The van der Waals surface area contributed by atoms with Gasteiger partial charge in [-0.25, -0.2) is 0 Å². The lowest BCUT2D eigenvalue weighted by atomic mass is 10.2. The van der Waals surface area contributed by atoms with Gasteiger partial charge in [-0.3, -0.25) is 9.55 Å². The van der Waals surface area contributed by atoms with Gasteiger partial charge in [0.2, 0.25) is 0 Å². The molecule has 0 saturated heterocycles. The first kappa shape index (κ1) is 11.3. The third kappa shape index (κ3) is 3.55. The molecular weight excluding hydrogens is 205 g/mol. The molecule has 0 radical (unpaired) electrons. The lowest BCUT2D eigenvalue weighted by Crippen LogP contribution is -2.08. The molecule has 0 aliphatic heterocycles. The molecule has 78 valence electrons. The number of hydrogen-bond acceptors (Lipinski definition) is 3. The van der Waals surface area contributed by atoms with Crippen molar-refractivity contribution in [3.8, 4) is 0 Å². The zero-order valence-corrected chi connectivity index (χ0v) is 8.34. The van der Waals surface area contributed by atoms with Crippen molar-refractivity contribution < 1.29 is 19.5 Å². The number of rotatable bonds is 4. The summed E-state index contributed by atoms with van der Waals surface area (Å²) in [6.07, 6.45) is 3.66. The Morgan fingerprint density at radius 3 is 2.71 bits per heavy atom. The maximum Gasteiger partial charge on any atom is 0.353 e. The molecule has 1 unspecified atom stereocenters.